The maximum Gasteiger partial charge on any atom is 0.343 e. The predicted molar refractivity (Wildman–Crippen MR) is 141 cm³/mol. The Morgan fingerprint density at radius 3 is 2.40 bits per heavy atom. The number of hydrogen-bond donors (Lipinski definition) is 1. The van der Waals surface area contributed by atoms with Crippen LogP contribution in [0.2, 0.25) is 0 Å². The van der Waals surface area contributed by atoms with Gasteiger partial charge < -0.3 is 4.74 Å². The summed E-state index contributed by atoms with van der Waals surface area (Å²) in [7, 11) is 0. The summed E-state index contributed by atoms with van der Waals surface area (Å²) in [6.45, 7) is 0. The van der Waals surface area contributed by atoms with Crippen molar-refractivity contribution in [3.63, 3.8) is 0 Å². The molecule has 5 rings (SSSR count). The lowest BCUT2D eigenvalue weighted by Crippen LogP contribution is -2.41. The summed E-state index contributed by atoms with van der Waals surface area (Å²) in [4.78, 5) is 30.6. The van der Waals surface area contributed by atoms with Gasteiger partial charge in [0, 0.05) is 5.75 Å². The highest BCUT2D eigenvalue weighted by Gasteiger charge is 2.37. The Labute approximate surface area is 210 Å². The zero-order valence-corrected chi connectivity index (χ0v) is 19.9. The second-order valence-corrected chi connectivity index (χ2v) is 9.18. The number of ether oxygens (including phenoxy) is 1. The number of benzene rings is 3. The summed E-state index contributed by atoms with van der Waals surface area (Å²) < 4.78 is 9.81. The van der Waals surface area contributed by atoms with Gasteiger partial charge in [-0.2, -0.15) is 9.39 Å². The number of fused-ring (bicyclic) bond motifs is 1. The molecule has 3 aromatic carbocycles. The van der Waals surface area contributed by atoms with E-state index in [9.17, 15) is 9.59 Å². The van der Waals surface area contributed by atoms with Gasteiger partial charge in [0.1, 0.15) is 11.6 Å². The van der Waals surface area contributed by atoms with E-state index in [0.29, 0.717) is 33.0 Å². The maximum atomic E-state index is 12.6. The number of carbonyl (C=O) groups excluding carboxylic acids is 2. The zero-order valence-electron chi connectivity index (χ0n) is 18.3. The van der Waals surface area contributed by atoms with Crippen molar-refractivity contribution in [2.24, 2.45) is 9.39 Å². The first kappa shape index (κ1) is 22.8. The summed E-state index contributed by atoms with van der Waals surface area (Å²) in [5.74, 6) is 0.165. The van der Waals surface area contributed by atoms with E-state index < -0.39 is 11.9 Å². The van der Waals surface area contributed by atoms with E-state index in [1.165, 1.54) is 11.8 Å². The van der Waals surface area contributed by atoms with Gasteiger partial charge in [0.25, 0.3) is 5.91 Å². The molecule has 3 aromatic rings. The molecule has 0 spiro atoms. The molecule has 2 heterocycles. The second-order valence-electron chi connectivity index (χ2n) is 7.51. The minimum atomic E-state index is -0.488. The number of nitrogens with zero attached hydrogens (tertiary/aromatic N) is 3. The fourth-order valence-electron chi connectivity index (χ4n) is 3.36. The Morgan fingerprint density at radius 2 is 1.69 bits per heavy atom. The molecule has 172 valence electrons. The van der Waals surface area contributed by atoms with E-state index in [0.717, 1.165) is 17.5 Å². The molecular weight excluding hydrogens is 480 g/mol. The van der Waals surface area contributed by atoms with Crippen LogP contribution in [0.25, 0.3) is 6.08 Å². The van der Waals surface area contributed by atoms with Gasteiger partial charge in [0.15, 0.2) is 5.17 Å². The molecule has 0 saturated heterocycles. The average Bonchev–Trinajstić information content (AvgIpc) is 3.30. The molecule has 0 saturated carbocycles. The van der Waals surface area contributed by atoms with Crippen LogP contribution in [0.5, 0.6) is 5.75 Å². The van der Waals surface area contributed by atoms with Crippen LogP contribution in [0.1, 0.15) is 21.5 Å². The minimum absolute atomic E-state index is 0.0314. The number of rotatable bonds is 5. The van der Waals surface area contributed by atoms with Crippen molar-refractivity contribution in [1.29, 1.82) is 5.41 Å². The number of carbonyl (C=O) groups is 2. The highest BCUT2D eigenvalue weighted by molar-refractivity contribution is 8.18. The summed E-state index contributed by atoms with van der Waals surface area (Å²) >= 11 is 2.59. The van der Waals surface area contributed by atoms with Gasteiger partial charge in [-0.3, -0.25) is 10.2 Å². The van der Waals surface area contributed by atoms with Crippen molar-refractivity contribution in [3.05, 3.63) is 107 Å². The molecule has 2 aliphatic heterocycles. The van der Waals surface area contributed by atoms with Crippen LogP contribution in [0.15, 0.2) is 99.9 Å². The van der Waals surface area contributed by atoms with Crippen molar-refractivity contribution in [2.45, 2.75) is 5.75 Å². The highest BCUT2D eigenvalue weighted by Crippen LogP contribution is 2.33. The molecule has 0 bridgehead atoms. The monoisotopic (exact) mass is 498 g/mol. The molecule has 0 aromatic heterocycles. The number of amides is 1. The molecule has 0 radical (unpaired) electrons. The molecule has 1 amide bonds. The topological polar surface area (TPSA) is 95.2 Å². The van der Waals surface area contributed by atoms with Crippen LogP contribution in [0.3, 0.4) is 0 Å². The molecule has 1 N–H and O–H groups in total. The second kappa shape index (κ2) is 10.1. The fourth-order valence-corrected chi connectivity index (χ4v) is 5.16. The number of esters is 1. The van der Waals surface area contributed by atoms with Crippen LogP contribution < -0.4 is 4.74 Å². The average molecular weight is 499 g/mol. The van der Waals surface area contributed by atoms with Gasteiger partial charge in [-0.15, -0.1) is 0 Å². The summed E-state index contributed by atoms with van der Waals surface area (Å²) in [5, 5.41) is 9.68. The largest absolute Gasteiger partial charge is 0.423 e. The molecule has 0 atom stereocenters. The lowest BCUT2D eigenvalue weighted by molar-refractivity contribution is -0.114. The van der Waals surface area contributed by atoms with E-state index in [2.05, 4.69) is 9.39 Å². The minimum Gasteiger partial charge on any atom is -0.423 e. The van der Waals surface area contributed by atoms with Crippen LogP contribution in [0, 0.1) is 5.41 Å². The standard InChI is InChI=1S/C26H18N4O3S2/c27-22-21(15-17-11-13-20(14-12-17)33-24(32)19-9-5-2-6-10-19)23(31)28-25-30(22)26(29-35-25)34-16-18-7-3-1-4-8-18/h1-15,27H,16H2. The molecule has 9 heteroatoms. The summed E-state index contributed by atoms with van der Waals surface area (Å²) in [6, 6.07) is 25.4. The lowest BCUT2D eigenvalue weighted by atomic mass is 10.1. The third-order valence-electron chi connectivity index (χ3n) is 5.12. The molecule has 0 aliphatic carbocycles. The molecule has 7 nitrogen and oxygen atoms in total. The van der Waals surface area contributed by atoms with Crippen molar-refractivity contribution >= 4 is 57.8 Å². The first-order valence-corrected chi connectivity index (χ1v) is 12.4. The Hall–Kier alpha value is -3.95. The van der Waals surface area contributed by atoms with E-state index in [1.54, 1.807) is 59.5 Å². The number of aliphatic imine (C=N–C) groups is 1. The predicted octanol–water partition coefficient (Wildman–Crippen LogP) is 5.42. The number of amidine groups is 3. The van der Waals surface area contributed by atoms with Gasteiger partial charge in [0.2, 0.25) is 5.17 Å². The molecule has 2 aliphatic rings. The van der Waals surface area contributed by atoms with E-state index in [1.807, 2.05) is 36.4 Å². The third-order valence-corrected chi connectivity index (χ3v) is 6.94. The SMILES string of the molecule is N=C1C(=Cc2ccc(OC(=O)c3ccccc3)cc2)C(=O)N=C2SN=C(SCc3ccccc3)N12. The molecular formula is C26H18N4O3S2. The Morgan fingerprint density at radius 1 is 1.00 bits per heavy atom. The number of thioether (sulfide) groups is 1. The van der Waals surface area contributed by atoms with Crippen molar-refractivity contribution in [3.8, 4) is 5.75 Å². The third kappa shape index (κ3) is 5.11. The van der Waals surface area contributed by atoms with Gasteiger partial charge >= 0.3 is 5.97 Å². The molecule has 0 unspecified atom stereocenters. The normalized spacial score (nSPS) is 16.1. The number of nitrogens with one attached hydrogen (secondary N) is 1. The summed E-state index contributed by atoms with van der Waals surface area (Å²) in [5.41, 5.74) is 2.44. The molecule has 0 fully saturated rings. The lowest BCUT2D eigenvalue weighted by Gasteiger charge is -2.24. The Kier molecular flexibility index (Phi) is 6.60. The zero-order chi connectivity index (χ0) is 24.2. The maximum absolute atomic E-state index is 12.6. The van der Waals surface area contributed by atoms with Crippen molar-refractivity contribution < 1.29 is 14.3 Å². The van der Waals surface area contributed by atoms with E-state index in [4.69, 9.17) is 10.1 Å². The van der Waals surface area contributed by atoms with Gasteiger partial charge in [0.05, 0.1) is 23.1 Å². The first-order valence-electron chi connectivity index (χ1n) is 10.6. The van der Waals surface area contributed by atoms with Crippen molar-refractivity contribution in [2.75, 3.05) is 0 Å². The van der Waals surface area contributed by atoms with Crippen molar-refractivity contribution in [1.82, 2.24) is 4.90 Å². The van der Waals surface area contributed by atoms with Gasteiger partial charge in [-0.1, -0.05) is 72.4 Å². The van der Waals surface area contributed by atoms with Crippen LogP contribution >= 0.6 is 23.7 Å². The molecule has 35 heavy (non-hydrogen) atoms. The van der Waals surface area contributed by atoms with Gasteiger partial charge in [-0.25, -0.2) is 9.69 Å². The van der Waals surface area contributed by atoms with Crippen LogP contribution in [-0.2, 0) is 10.5 Å². The van der Waals surface area contributed by atoms with E-state index >= 15 is 0 Å². The Bertz CT molecular complexity index is 1390. The quantitative estimate of drug-likeness (QED) is 0.219. The first-order chi connectivity index (χ1) is 17.1. The van der Waals surface area contributed by atoms with E-state index in [-0.39, 0.29) is 11.4 Å². The smallest absolute Gasteiger partial charge is 0.343 e. The highest BCUT2D eigenvalue weighted by atomic mass is 32.2. The van der Waals surface area contributed by atoms with Crippen LogP contribution in [0.4, 0.5) is 0 Å². The van der Waals surface area contributed by atoms with Crippen LogP contribution in [-0.4, -0.2) is 32.9 Å². The Balaban J connectivity index is 1.30. The number of hydrogen-bond acceptors (Lipinski definition) is 7. The summed E-state index contributed by atoms with van der Waals surface area (Å²) in [6.07, 6.45) is 1.61. The fraction of sp³-hybridized carbons (Fsp3) is 0.0385. The van der Waals surface area contributed by atoms with Gasteiger partial charge in [-0.05, 0) is 41.5 Å².